The van der Waals surface area contributed by atoms with Gasteiger partial charge in [-0.3, -0.25) is 4.57 Å². The van der Waals surface area contributed by atoms with Crippen molar-refractivity contribution in [3.63, 3.8) is 0 Å². The van der Waals surface area contributed by atoms with Crippen molar-refractivity contribution in [1.82, 2.24) is 9.55 Å². The Kier molecular flexibility index (Phi) is 4.99. The molecular formula is C14H14Br2N2O2. The van der Waals surface area contributed by atoms with Crippen LogP contribution in [0.4, 0.5) is 0 Å². The molecular weight excluding hydrogens is 388 g/mol. The zero-order valence-electron chi connectivity index (χ0n) is 11.2. The number of nitrogens with zero attached hydrogens (tertiary/aromatic N) is 2. The van der Waals surface area contributed by atoms with Crippen molar-refractivity contribution in [3.8, 4) is 5.75 Å². The Labute approximate surface area is 134 Å². The minimum absolute atomic E-state index is 0.249. The van der Waals surface area contributed by atoms with E-state index in [1.54, 1.807) is 11.5 Å². The molecule has 0 bridgehead atoms. The number of rotatable bonds is 4. The Balaban J connectivity index is 2.09. The lowest BCUT2D eigenvalue weighted by Crippen LogP contribution is -2.28. The lowest BCUT2D eigenvalue weighted by atomic mass is 10.3. The number of halogens is 2. The molecule has 0 aliphatic rings. The second-order valence-electron chi connectivity index (χ2n) is 4.34. The van der Waals surface area contributed by atoms with E-state index in [0.717, 1.165) is 20.4 Å². The maximum Gasteiger partial charge on any atom is 0.348 e. The van der Waals surface area contributed by atoms with Crippen LogP contribution < -0.4 is 10.4 Å². The minimum atomic E-state index is -0.249. The van der Waals surface area contributed by atoms with E-state index >= 15 is 0 Å². The normalized spacial score (nSPS) is 10.6. The lowest BCUT2D eigenvalue weighted by Gasteiger charge is -2.13. The monoisotopic (exact) mass is 400 g/mol. The van der Waals surface area contributed by atoms with Crippen LogP contribution in [-0.4, -0.2) is 16.2 Å². The van der Waals surface area contributed by atoms with Gasteiger partial charge in [0.2, 0.25) is 0 Å². The summed E-state index contributed by atoms with van der Waals surface area (Å²) in [4.78, 5) is 15.8. The highest BCUT2D eigenvalue weighted by Crippen LogP contribution is 2.18. The van der Waals surface area contributed by atoms with Gasteiger partial charge in [-0.15, -0.1) is 0 Å². The summed E-state index contributed by atoms with van der Waals surface area (Å²) in [6.07, 6.45) is 0. The number of hydrogen-bond acceptors (Lipinski definition) is 3. The van der Waals surface area contributed by atoms with Crippen molar-refractivity contribution in [3.05, 3.63) is 55.1 Å². The summed E-state index contributed by atoms with van der Waals surface area (Å²) < 4.78 is 9.07. The third-order valence-electron chi connectivity index (χ3n) is 2.91. The predicted molar refractivity (Wildman–Crippen MR) is 85.3 cm³/mol. The van der Waals surface area contributed by atoms with Gasteiger partial charge in [-0.1, -0.05) is 22.0 Å². The summed E-state index contributed by atoms with van der Waals surface area (Å²) in [5.74, 6) is 0.768. The summed E-state index contributed by atoms with van der Waals surface area (Å²) in [7, 11) is 0. The van der Waals surface area contributed by atoms with Crippen LogP contribution >= 0.6 is 31.9 Å². The van der Waals surface area contributed by atoms with Gasteiger partial charge in [0, 0.05) is 10.2 Å². The van der Waals surface area contributed by atoms with Crippen molar-refractivity contribution in [2.24, 2.45) is 0 Å². The molecule has 0 aliphatic heterocycles. The van der Waals surface area contributed by atoms with Crippen LogP contribution in [0.5, 0.6) is 5.75 Å². The predicted octanol–water partition coefficient (Wildman–Crippen LogP) is 3.46. The van der Waals surface area contributed by atoms with E-state index in [1.165, 1.54) is 0 Å². The average molecular weight is 402 g/mol. The highest BCUT2D eigenvalue weighted by molar-refractivity contribution is 9.10. The molecule has 106 valence electrons. The molecule has 0 amide bonds. The van der Waals surface area contributed by atoms with Gasteiger partial charge in [-0.25, -0.2) is 4.79 Å². The van der Waals surface area contributed by atoms with E-state index in [4.69, 9.17) is 4.74 Å². The van der Waals surface area contributed by atoms with Gasteiger partial charge in [-0.05, 0) is 48.0 Å². The highest BCUT2D eigenvalue weighted by Gasteiger charge is 2.09. The Hall–Kier alpha value is -1.14. The third-order valence-corrected chi connectivity index (χ3v) is 4.56. The van der Waals surface area contributed by atoms with E-state index in [2.05, 4.69) is 36.8 Å². The van der Waals surface area contributed by atoms with Crippen molar-refractivity contribution >= 4 is 31.9 Å². The summed E-state index contributed by atoms with van der Waals surface area (Å²) in [6, 6.07) is 7.60. The summed E-state index contributed by atoms with van der Waals surface area (Å²) in [6.45, 7) is 4.57. The molecule has 20 heavy (non-hydrogen) atoms. The fourth-order valence-electron chi connectivity index (χ4n) is 1.85. The fraction of sp³-hybridized carbons (Fsp3) is 0.286. The first kappa shape index (κ1) is 15.3. The third kappa shape index (κ3) is 3.49. The quantitative estimate of drug-likeness (QED) is 0.787. The number of benzene rings is 1. The van der Waals surface area contributed by atoms with Crippen molar-refractivity contribution in [2.45, 2.75) is 20.4 Å². The number of aryl methyl sites for hydroxylation is 1. The Morgan fingerprint density at radius 3 is 2.75 bits per heavy atom. The van der Waals surface area contributed by atoms with Gasteiger partial charge in [-0.2, -0.15) is 4.98 Å². The van der Waals surface area contributed by atoms with E-state index in [-0.39, 0.29) is 5.69 Å². The van der Waals surface area contributed by atoms with E-state index in [9.17, 15) is 4.79 Å². The molecule has 1 aromatic carbocycles. The van der Waals surface area contributed by atoms with Gasteiger partial charge in [0.05, 0.1) is 16.7 Å². The zero-order valence-corrected chi connectivity index (χ0v) is 14.4. The van der Waals surface area contributed by atoms with Gasteiger partial charge < -0.3 is 4.74 Å². The van der Waals surface area contributed by atoms with Crippen LogP contribution in [0.1, 0.15) is 11.4 Å². The molecule has 6 heteroatoms. The molecule has 0 spiro atoms. The van der Waals surface area contributed by atoms with Gasteiger partial charge in [0.1, 0.15) is 12.4 Å². The Bertz CT molecular complexity index is 683. The van der Waals surface area contributed by atoms with Crippen molar-refractivity contribution < 1.29 is 4.74 Å². The van der Waals surface area contributed by atoms with Crippen LogP contribution in [-0.2, 0) is 6.54 Å². The average Bonchev–Trinajstić information content (AvgIpc) is 2.40. The van der Waals surface area contributed by atoms with Crippen molar-refractivity contribution in [2.75, 3.05) is 6.61 Å². The zero-order chi connectivity index (χ0) is 14.7. The van der Waals surface area contributed by atoms with E-state index < -0.39 is 0 Å². The van der Waals surface area contributed by atoms with Gasteiger partial charge in [0.15, 0.2) is 0 Å². The maximum absolute atomic E-state index is 11.9. The molecule has 2 aromatic rings. The molecule has 0 unspecified atom stereocenters. The molecule has 0 fully saturated rings. The molecule has 0 radical (unpaired) electrons. The number of ether oxygens (including phenoxy) is 1. The minimum Gasteiger partial charge on any atom is -0.492 e. The molecule has 0 saturated heterocycles. The summed E-state index contributed by atoms with van der Waals surface area (Å²) in [5.41, 5.74) is 1.32. The fourth-order valence-corrected chi connectivity index (χ4v) is 2.53. The Morgan fingerprint density at radius 2 is 2.05 bits per heavy atom. The standard InChI is InChI=1S/C14H14Br2N2O2/c1-9-13(16)10(2)18(14(19)17-9)6-7-20-12-5-3-4-11(15)8-12/h3-5,8H,6-7H2,1-2H3. The maximum atomic E-state index is 11.9. The molecule has 2 rings (SSSR count). The molecule has 0 saturated carbocycles. The van der Waals surface area contributed by atoms with Gasteiger partial charge in [0.25, 0.3) is 0 Å². The topological polar surface area (TPSA) is 44.1 Å². The smallest absolute Gasteiger partial charge is 0.348 e. The number of aromatic nitrogens is 2. The SMILES string of the molecule is Cc1nc(=O)n(CCOc2cccc(Br)c2)c(C)c1Br. The summed E-state index contributed by atoms with van der Waals surface area (Å²) in [5, 5.41) is 0. The largest absolute Gasteiger partial charge is 0.492 e. The number of hydrogen-bond donors (Lipinski definition) is 0. The molecule has 1 aromatic heterocycles. The highest BCUT2D eigenvalue weighted by atomic mass is 79.9. The van der Waals surface area contributed by atoms with Crippen LogP contribution in [0.2, 0.25) is 0 Å². The lowest BCUT2D eigenvalue weighted by molar-refractivity contribution is 0.293. The van der Waals surface area contributed by atoms with Gasteiger partial charge >= 0.3 is 5.69 Å². The van der Waals surface area contributed by atoms with Crippen LogP contribution in [0.25, 0.3) is 0 Å². The van der Waals surface area contributed by atoms with Crippen LogP contribution in [0.15, 0.2) is 38.0 Å². The summed E-state index contributed by atoms with van der Waals surface area (Å²) >= 11 is 6.83. The van der Waals surface area contributed by atoms with Crippen LogP contribution in [0, 0.1) is 13.8 Å². The van der Waals surface area contributed by atoms with Crippen LogP contribution in [0.3, 0.4) is 0 Å². The first-order valence-electron chi connectivity index (χ1n) is 6.11. The second kappa shape index (κ2) is 6.54. The first-order chi connectivity index (χ1) is 9.49. The van der Waals surface area contributed by atoms with E-state index in [0.29, 0.717) is 18.8 Å². The molecule has 1 heterocycles. The molecule has 0 aliphatic carbocycles. The molecule has 0 N–H and O–H groups in total. The second-order valence-corrected chi connectivity index (χ2v) is 6.05. The molecule has 0 atom stereocenters. The molecule has 4 nitrogen and oxygen atoms in total. The Morgan fingerprint density at radius 1 is 1.30 bits per heavy atom. The first-order valence-corrected chi connectivity index (χ1v) is 7.69. The van der Waals surface area contributed by atoms with E-state index in [1.807, 2.05) is 31.2 Å². The van der Waals surface area contributed by atoms with Crippen molar-refractivity contribution in [1.29, 1.82) is 0 Å².